The van der Waals surface area contributed by atoms with Crippen molar-refractivity contribution in [1.29, 1.82) is 0 Å². The summed E-state index contributed by atoms with van der Waals surface area (Å²) >= 11 is 6.00. The molecule has 1 amide bonds. The predicted molar refractivity (Wildman–Crippen MR) is 139 cm³/mol. The number of aromatic nitrogens is 4. The molecular weight excluding hydrogens is 478 g/mol. The Kier molecular flexibility index (Phi) is 5.35. The molecule has 0 spiro atoms. The van der Waals surface area contributed by atoms with Gasteiger partial charge in [0.25, 0.3) is 11.5 Å². The third kappa shape index (κ3) is 3.83. The van der Waals surface area contributed by atoms with Crippen molar-refractivity contribution in [2.45, 2.75) is 0 Å². The van der Waals surface area contributed by atoms with Crippen LogP contribution in [0.5, 0.6) is 5.75 Å². The second kappa shape index (κ2) is 8.83. The number of carbonyl (C=O) groups excluding carboxylic acids is 1. The highest BCUT2D eigenvalue weighted by Crippen LogP contribution is 2.27. The maximum atomic E-state index is 13.1. The largest absolute Gasteiger partial charge is 0.483 e. The Bertz CT molecular complexity index is 1820. The molecule has 3 aromatic carbocycles. The van der Waals surface area contributed by atoms with E-state index in [0.29, 0.717) is 27.3 Å². The molecule has 0 fully saturated rings. The van der Waals surface area contributed by atoms with E-state index in [-0.39, 0.29) is 6.61 Å². The molecule has 8 nitrogen and oxygen atoms in total. The van der Waals surface area contributed by atoms with Gasteiger partial charge in [0.2, 0.25) is 0 Å². The number of nitrogens with one attached hydrogen (secondary N) is 1. The van der Waals surface area contributed by atoms with E-state index in [9.17, 15) is 9.59 Å². The summed E-state index contributed by atoms with van der Waals surface area (Å²) in [7, 11) is 0. The first-order valence-corrected chi connectivity index (χ1v) is 11.5. The zero-order chi connectivity index (χ0) is 24.6. The smallest absolute Gasteiger partial charge is 0.280 e. The van der Waals surface area contributed by atoms with Crippen LogP contribution in [0.3, 0.4) is 0 Å². The summed E-state index contributed by atoms with van der Waals surface area (Å²) in [5.74, 6) is 0.124. The van der Waals surface area contributed by atoms with Crippen molar-refractivity contribution in [2.75, 3.05) is 12.0 Å². The van der Waals surface area contributed by atoms with Crippen molar-refractivity contribution in [3.63, 3.8) is 0 Å². The van der Waals surface area contributed by atoms with Crippen LogP contribution in [0.4, 0.5) is 0 Å². The minimum atomic E-state index is -0.470. The number of halogens is 1. The van der Waals surface area contributed by atoms with E-state index in [4.69, 9.17) is 16.3 Å². The molecule has 1 N–H and O–H groups in total. The summed E-state index contributed by atoms with van der Waals surface area (Å²) < 4.78 is 8.46. The number of benzene rings is 3. The summed E-state index contributed by atoms with van der Waals surface area (Å²) in [6.45, 7) is -0.251. The third-order valence-electron chi connectivity index (χ3n) is 5.90. The monoisotopic (exact) mass is 495 g/mol. The van der Waals surface area contributed by atoms with Crippen molar-refractivity contribution < 1.29 is 9.53 Å². The molecule has 3 heterocycles. The summed E-state index contributed by atoms with van der Waals surface area (Å²) in [5.41, 5.74) is 5.05. The fourth-order valence-electron chi connectivity index (χ4n) is 4.17. The van der Waals surface area contributed by atoms with Gasteiger partial charge in [-0.3, -0.25) is 15.0 Å². The molecule has 0 atom stereocenters. The van der Waals surface area contributed by atoms with Gasteiger partial charge in [-0.1, -0.05) is 60.1 Å². The molecule has 0 aliphatic carbocycles. The molecule has 36 heavy (non-hydrogen) atoms. The van der Waals surface area contributed by atoms with Crippen LogP contribution < -0.4 is 15.7 Å². The lowest BCUT2D eigenvalue weighted by Crippen LogP contribution is -2.35. The highest BCUT2D eigenvalue weighted by Gasteiger charge is 2.14. The van der Waals surface area contributed by atoms with Crippen molar-refractivity contribution in [3.05, 3.63) is 107 Å². The molecule has 3 aromatic heterocycles. The van der Waals surface area contributed by atoms with Gasteiger partial charge >= 0.3 is 0 Å². The number of amides is 1. The summed E-state index contributed by atoms with van der Waals surface area (Å²) in [6.07, 6.45) is 4.68. The summed E-state index contributed by atoms with van der Waals surface area (Å²) in [5, 5.41) is 7.30. The van der Waals surface area contributed by atoms with Crippen LogP contribution in [0.1, 0.15) is 0 Å². The summed E-state index contributed by atoms with van der Waals surface area (Å²) in [4.78, 5) is 30.1. The zero-order valence-electron chi connectivity index (χ0n) is 18.8. The standard InChI is InChI=1S/C27H18ClN5O3/c28-19-10-8-18(9-11-19)21-15-30-33-23-12-13-32(27(35)22(23)14-29-26(21)33)31-25(34)16-36-24-7-3-5-17-4-1-2-6-20(17)24/h1-15H,16H2,(H,31,34). The Morgan fingerprint density at radius 1 is 0.944 bits per heavy atom. The van der Waals surface area contributed by atoms with E-state index in [0.717, 1.165) is 26.6 Å². The Morgan fingerprint density at radius 3 is 2.61 bits per heavy atom. The molecule has 0 unspecified atom stereocenters. The highest BCUT2D eigenvalue weighted by molar-refractivity contribution is 6.30. The van der Waals surface area contributed by atoms with Crippen LogP contribution in [0.2, 0.25) is 5.02 Å². The first-order valence-electron chi connectivity index (χ1n) is 11.1. The second-order valence-electron chi connectivity index (χ2n) is 8.15. The molecule has 0 saturated heterocycles. The van der Waals surface area contributed by atoms with Gasteiger partial charge in [-0.25, -0.2) is 14.2 Å². The molecule has 0 aliphatic rings. The van der Waals surface area contributed by atoms with Crippen LogP contribution in [0.25, 0.3) is 38.4 Å². The first-order chi connectivity index (χ1) is 17.6. The number of hydrogen-bond acceptors (Lipinski definition) is 5. The molecule has 0 saturated carbocycles. The number of rotatable bonds is 5. The van der Waals surface area contributed by atoms with E-state index in [1.807, 2.05) is 48.5 Å². The van der Waals surface area contributed by atoms with Gasteiger partial charge in [0.15, 0.2) is 12.3 Å². The molecular formula is C27H18ClN5O3. The Balaban J connectivity index is 1.26. The minimum absolute atomic E-state index is 0.251. The Morgan fingerprint density at radius 2 is 1.75 bits per heavy atom. The van der Waals surface area contributed by atoms with Gasteiger partial charge in [-0.05, 0) is 35.2 Å². The van der Waals surface area contributed by atoms with E-state index in [1.165, 1.54) is 12.4 Å². The first kappa shape index (κ1) is 21.8. The number of pyridine rings is 1. The lowest BCUT2D eigenvalue weighted by molar-refractivity contribution is -0.119. The molecule has 6 aromatic rings. The lowest BCUT2D eigenvalue weighted by atomic mass is 10.1. The van der Waals surface area contributed by atoms with Gasteiger partial charge in [0.1, 0.15) is 5.75 Å². The molecule has 176 valence electrons. The normalized spacial score (nSPS) is 11.2. The van der Waals surface area contributed by atoms with Crippen molar-refractivity contribution in [2.24, 2.45) is 0 Å². The molecule has 0 aliphatic heterocycles. The van der Waals surface area contributed by atoms with Gasteiger partial charge in [0.05, 0.1) is 17.1 Å². The topological polar surface area (TPSA) is 90.5 Å². The van der Waals surface area contributed by atoms with Gasteiger partial charge in [-0.2, -0.15) is 5.10 Å². The zero-order valence-corrected chi connectivity index (χ0v) is 19.5. The lowest BCUT2D eigenvalue weighted by Gasteiger charge is -2.12. The van der Waals surface area contributed by atoms with Crippen LogP contribution in [0, 0.1) is 0 Å². The molecule has 0 bridgehead atoms. The average molecular weight is 496 g/mol. The molecule has 9 heteroatoms. The minimum Gasteiger partial charge on any atom is -0.483 e. The van der Waals surface area contributed by atoms with Crippen LogP contribution >= 0.6 is 11.6 Å². The van der Waals surface area contributed by atoms with Gasteiger partial charge < -0.3 is 4.74 Å². The van der Waals surface area contributed by atoms with E-state index < -0.39 is 11.5 Å². The SMILES string of the molecule is O=C(COc1cccc2ccccc12)Nn1ccc2c(cnc3c(-c4ccc(Cl)cc4)cnn32)c1=O. The molecule has 0 radical (unpaired) electrons. The van der Waals surface area contributed by atoms with Crippen LogP contribution in [-0.4, -0.2) is 31.8 Å². The maximum Gasteiger partial charge on any atom is 0.280 e. The third-order valence-corrected chi connectivity index (χ3v) is 6.16. The predicted octanol–water partition coefficient (Wildman–Crippen LogP) is 4.67. The Hall–Kier alpha value is -4.69. The fourth-order valence-corrected chi connectivity index (χ4v) is 4.29. The van der Waals surface area contributed by atoms with Crippen molar-refractivity contribution >= 4 is 44.8 Å². The van der Waals surface area contributed by atoms with Crippen molar-refractivity contribution in [1.82, 2.24) is 19.3 Å². The number of fused-ring (bicyclic) bond motifs is 4. The summed E-state index contributed by atoms with van der Waals surface area (Å²) in [6, 6.07) is 22.5. The van der Waals surface area contributed by atoms with Gasteiger partial charge in [-0.15, -0.1) is 0 Å². The number of ether oxygens (including phenoxy) is 1. The average Bonchev–Trinajstić information content (AvgIpc) is 3.34. The molecule has 6 rings (SSSR count). The second-order valence-corrected chi connectivity index (χ2v) is 8.59. The fraction of sp³-hybridized carbons (Fsp3) is 0.0370. The van der Waals surface area contributed by atoms with Crippen LogP contribution in [-0.2, 0) is 4.79 Å². The number of hydrogen-bond donors (Lipinski definition) is 1. The Labute approximate surface area is 209 Å². The highest BCUT2D eigenvalue weighted by atomic mass is 35.5. The van der Waals surface area contributed by atoms with Crippen LogP contribution in [0.15, 0.2) is 96.2 Å². The van der Waals surface area contributed by atoms with E-state index in [2.05, 4.69) is 15.5 Å². The maximum absolute atomic E-state index is 13.1. The number of carbonyl (C=O) groups is 1. The van der Waals surface area contributed by atoms with Crippen molar-refractivity contribution in [3.8, 4) is 16.9 Å². The van der Waals surface area contributed by atoms with E-state index in [1.54, 1.807) is 35.0 Å². The van der Waals surface area contributed by atoms with Gasteiger partial charge in [0, 0.05) is 28.4 Å². The quantitative estimate of drug-likeness (QED) is 0.375. The number of nitrogens with zero attached hydrogens (tertiary/aromatic N) is 4. The van der Waals surface area contributed by atoms with E-state index >= 15 is 0 Å².